The average Bonchev–Trinajstić information content (AvgIpc) is 3.04. The van der Waals surface area contributed by atoms with Crippen molar-refractivity contribution in [3.8, 4) is 5.75 Å². The molecule has 0 bridgehead atoms. The van der Waals surface area contributed by atoms with Crippen molar-refractivity contribution < 1.29 is 34.3 Å². The topological polar surface area (TPSA) is 135 Å². The van der Waals surface area contributed by atoms with Crippen molar-refractivity contribution >= 4 is 45.3 Å². The summed E-state index contributed by atoms with van der Waals surface area (Å²) < 4.78 is 17.9. The Hall–Kier alpha value is -1.85. The van der Waals surface area contributed by atoms with E-state index in [9.17, 15) is 25.2 Å². The van der Waals surface area contributed by atoms with Crippen molar-refractivity contribution in [2.75, 3.05) is 13.7 Å². The number of fused-ring (bicyclic) bond motifs is 2. The second kappa shape index (κ2) is 7.69. The molecule has 0 aliphatic carbocycles. The van der Waals surface area contributed by atoms with Crippen molar-refractivity contribution in [1.82, 2.24) is 4.57 Å². The van der Waals surface area contributed by atoms with Crippen LogP contribution in [0.5, 0.6) is 5.75 Å². The first-order chi connectivity index (χ1) is 14.2. The molecular weight excluding hydrogens is 441 g/mol. The van der Waals surface area contributed by atoms with E-state index in [-0.39, 0.29) is 38.0 Å². The van der Waals surface area contributed by atoms with E-state index in [0.717, 1.165) is 0 Å². The maximum Gasteiger partial charge on any atom is 0.214 e. The molecule has 162 valence electrons. The van der Waals surface area contributed by atoms with Gasteiger partial charge in [0.1, 0.15) is 40.7 Å². The van der Waals surface area contributed by atoms with Crippen LogP contribution in [0.3, 0.4) is 0 Å². The zero-order valence-electron chi connectivity index (χ0n) is 15.9. The van der Waals surface area contributed by atoms with E-state index in [1.54, 1.807) is 6.92 Å². The molecule has 1 fully saturated rings. The molecule has 0 radical (unpaired) electrons. The van der Waals surface area contributed by atoms with Crippen LogP contribution in [-0.4, -0.2) is 63.1 Å². The van der Waals surface area contributed by atoms with Crippen LogP contribution in [0.4, 0.5) is 0 Å². The molecule has 0 unspecified atom stereocenters. The molecule has 4 rings (SSSR count). The molecule has 1 aromatic carbocycles. The van der Waals surface area contributed by atoms with Gasteiger partial charge in [-0.2, -0.15) is 0 Å². The van der Waals surface area contributed by atoms with E-state index in [4.69, 9.17) is 37.1 Å². The fraction of sp³-hybridized carbons (Fsp3) is 0.421. The van der Waals surface area contributed by atoms with E-state index in [0.29, 0.717) is 5.56 Å². The second-order valence-corrected chi connectivity index (χ2v) is 7.94. The predicted octanol–water partition coefficient (Wildman–Crippen LogP) is 1.70. The minimum atomic E-state index is -1.52. The van der Waals surface area contributed by atoms with Crippen molar-refractivity contribution in [1.29, 1.82) is 0 Å². The summed E-state index contributed by atoms with van der Waals surface area (Å²) in [6.07, 6.45) is -6.19. The molecule has 2 aromatic heterocycles. The summed E-state index contributed by atoms with van der Waals surface area (Å²) in [5.41, 5.74) is -0.316. The lowest BCUT2D eigenvalue weighted by Crippen LogP contribution is -2.57. The normalized spacial score (nSPS) is 27.2. The molecule has 0 saturated carbocycles. The number of aromatic hydroxyl groups is 1. The van der Waals surface area contributed by atoms with Gasteiger partial charge in [0.25, 0.3) is 0 Å². The van der Waals surface area contributed by atoms with Crippen molar-refractivity contribution in [3.05, 3.63) is 38.1 Å². The van der Waals surface area contributed by atoms with Crippen LogP contribution in [0.2, 0.25) is 10.2 Å². The smallest absolute Gasteiger partial charge is 0.214 e. The van der Waals surface area contributed by atoms with Gasteiger partial charge in [0.2, 0.25) is 11.1 Å². The number of aromatic nitrogens is 1. The summed E-state index contributed by atoms with van der Waals surface area (Å²) >= 11 is 12.6. The van der Waals surface area contributed by atoms with E-state index in [1.807, 2.05) is 0 Å². The number of benzene rings is 1. The number of hydrogen-bond acceptors (Lipinski definition) is 8. The Balaban J connectivity index is 1.98. The first-order valence-corrected chi connectivity index (χ1v) is 9.77. The van der Waals surface area contributed by atoms with Gasteiger partial charge in [-0.05, 0) is 24.6 Å². The highest BCUT2D eigenvalue weighted by molar-refractivity contribution is 6.35. The van der Waals surface area contributed by atoms with Crippen LogP contribution in [0.1, 0.15) is 11.8 Å². The molecular formula is C19H19Cl2NO8. The second-order valence-electron chi connectivity index (χ2n) is 7.14. The largest absolute Gasteiger partial charge is 0.507 e. The Morgan fingerprint density at radius 1 is 1.23 bits per heavy atom. The van der Waals surface area contributed by atoms with E-state index in [2.05, 4.69) is 0 Å². The molecule has 30 heavy (non-hydrogen) atoms. The summed E-state index contributed by atoms with van der Waals surface area (Å²) in [6, 6.07) is 2.75. The lowest BCUT2D eigenvalue weighted by atomic mass is 9.98. The fourth-order valence-corrected chi connectivity index (χ4v) is 4.42. The third kappa shape index (κ3) is 3.01. The number of nitrogens with zero attached hydrogens (tertiary/aromatic N) is 1. The quantitative estimate of drug-likeness (QED) is 0.464. The van der Waals surface area contributed by atoms with Crippen molar-refractivity contribution in [2.24, 2.45) is 0 Å². The highest BCUT2D eigenvalue weighted by Gasteiger charge is 2.46. The van der Waals surface area contributed by atoms with Gasteiger partial charge in [-0.3, -0.25) is 9.36 Å². The van der Waals surface area contributed by atoms with Gasteiger partial charge in [0.15, 0.2) is 11.8 Å². The van der Waals surface area contributed by atoms with Gasteiger partial charge < -0.3 is 34.3 Å². The molecule has 1 saturated heterocycles. The number of halogens is 2. The van der Waals surface area contributed by atoms with Crippen LogP contribution in [0.25, 0.3) is 22.1 Å². The number of rotatable bonds is 3. The van der Waals surface area contributed by atoms with E-state index < -0.39 is 42.7 Å². The lowest BCUT2D eigenvalue weighted by molar-refractivity contribution is -0.256. The zero-order chi connectivity index (χ0) is 21.9. The van der Waals surface area contributed by atoms with Gasteiger partial charge >= 0.3 is 0 Å². The molecule has 1 aliphatic heterocycles. The standard InChI is InChI=1S/C19H19Cl2NO8/c1-6-3-8(20)16-11(12(6)24)13(25)7-4-10(21)22(18(7)30-16)19-15(27)14(26)17(28-2)9(5-23)29-19/h3-4,9,14-15,17,19,23-24,26-27H,5H2,1-2H3/t9-,14-,15-,17-,19-/m1/s1. The SMILES string of the molecule is CO[C@H]1[C@H](O)[C@@H](O)[C@H](n2c(Cl)cc3c(=O)c4c(O)c(C)cc(Cl)c4oc32)O[C@@H]1CO. The van der Waals surface area contributed by atoms with Gasteiger partial charge in [-0.1, -0.05) is 23.2 Å². The van der Waals surface area contributed by atoms with Crippen LogP contribution >= 0.6 is 23.2 Å². The van der Waals surface area contributed by atoms with Crippen molar-refractivity contribution in [3.63, 3.8) is 0 Å². The van der Waals surface area contributed by atoms with Crippen LogP contribution < -0.4 is 5.43 Å². The number of aryl methyl sites for hydroxylation is 1. The van der Waals surface area contributed by atoms with Crippen molar-refractivity contribution in [2.45, 2.75) is 37.6 Å². The molecule has 1 aliphatic rings. The minimum absolute atomic E-state index is 0.0177. The van der Waals surface area contributed by atoms with E-state index >= 15 is 0 Å². The highest BCUT2D eigenvalue weighted by atomic mass is 35.5. The minimum Gasteiger partial charge on any atom is -0.507 e. The number of methoxy groups -OCH3 is 1. The number of phenols is 1. The summed E-state index contributed by atoms with van der Waals surface area (Å²) in [7, 11) is 1.31. The number of ether oxygens (including phenoxy) is 2. The first kappa shape index (κ1) is 21.4. The number of aliphatic hydroxyl groups excluding tert-OH is 3. The van der Waals surface area contributed by atoms with E-state index in [1.165, 1.54) is 23.8 Å². The molecule has 11 heteroatoms. The predicted molar refractivity (Wildman–Crippen MR) is 108 cm³/mol. The van der Waals surface area contributed by atoms with Crippen LogP contribution in [-0.2, 0) is 9.47 Å². The van der Waals surface area contributed by atoms with Gasteiger partial charge in [0.05, 0.1) is 17.0 Å². The van der Waals surface area contributed by atoms with Gasteiger partial charge in [-0.25, -0.2) is 0 Å². The summed E-state index contributed by atoms with van der Waals surface area (Å²) in [5, 5.41) is 41.0. The van der Waals surface area contributed by atoms with Gasteiger partial charge in [0, 0.05) is 7.11 Å². The fourth-order valence-electron chi connectivity index (χ4n) is 3.84. The monoisotopic (exact) mass is 459 g/mol. The Morgan fingerprint density at radius 3 is 2.57 bits per heavy atom. The molecule has 3 heterocycles. The maximum atomic E-state index is 13.1. The van der Waals surface area contributed by atoms with Crippen LogP contribution in [0, 0.1) is 6.92 Å². The molecule has 0 amide bonds. The summed E-state index contributed by atoms with van der Waals surface area (Å²) in [6.45, 7) is 1.10. The maximum absolute atomic E-state index is 13.1. The lowest BCUT2D eigenvalue weighted by Gasteiger charge is -2.42. The average molecular weight is 460 g/mol. The number of hydrogen-bond donors (Lipinski definition) is 4. The summed E-state index contributed by atoms with van der Waals surface area (Å²) in [5.74, 6) is -0.262. The number of phenolic OH excluding ortho intramolecular Hbond substituents is 1. The third-order valence-electron chi connectivity index (χ3n) is 5.38. The third-order valence-corrected chi connectivity index (χ3v) is 5.95. The Kier molecular flexibility index (Phi) is 5.48. The van der Waals surface area contributed by atoms with Crippen LogP contribution in [0.15, 0.2) is 21.3 Å². The Labute approximate surface area is 179 Å². The Morgan fingerprint density at radius 2 is 1.93 bits per heavy atom. The zero-order valence-corrected chi connectivity index (χ0v) is 17.4. The Bertz CT molecular complexity index is 1190. The summed E-state index contributed by atoms with van der Waals surface area (Å²) in [4.78, 5) is 13.1. The number of aliphatic hydroxyl groups is 3. The molecule has 9 nitrogen and oxygen atoms in total. The van der Waals surface area contributed by atoms with Gasteiger partial charge in [-0.15, -0.1) is 0 Å². The molecule has 4 N–H and O–H groups in total. The molecule has 0 spiro atoms. The highest BCUT2D eigenvalue weighted by Crippen LogP contribution is 2.39. The first-order valence-electron chi connectivity index (χ1n) is 9.01. The molecule has 5 atom stereocenters. The molecule has 3 aromatic rings.